The summed E-state index contributed by atoms with van der Waals surface area (Å²) in [5.74, 6) is -0.214. The number of amides is 1. The Hall–Kier alpha value is -2.36. The molecule has 2 N–H and O–H groups in total. The fourth-order valence-electron chi connectivity index (χ4n) is 1.52. The number of aromatic nitrogens is 1. The molecule has 4 nitrogen and oxygen atoms in total. The molecule has 0 atom stereocenters. The van der Waals surface area contributed by atoms with Crippen LogP contribution in [0.15, 0.2) is 48.7 Å². The largest absolute Gasteiger partial charge is 0.397 e. The Balaban J connectivity index is 2.30. The Bertz CT molecular complexity index is 525. The van der Waals surface area contributed by atoms with E-state index < -0.39 is 0 Å². The van der Waals surface area contributed by atoms with Crippen LogP contribution in [-0.2, 0) is 0 Å². The van der Waals surface area contributed by atoms with Crippen LogP contribution >= 0.6 is 0 Å². The van der Waals surface area contributed by atoms with Crippen LogP contribution in [0.4, 0.5) is 11.4 Å². The number of anilines is 2. The van der Waals surface area contributed by atoms with Crippen molar-refractivity contribution >= 4 is 17.3 Å². The minimum absolute atomic E-state index is 0.214. The summed E-state index contributed by atoms with van der Waals surface area (Å²) < 4.78 is 0. The normalized spacial score (nSPS) is 9.94. The van der Waals surface area contributed by atoms with Gasteiger partial charge in [-0.2, -0.15) is 0 Å². The fourth-order valence-corrected chi connectivity index (χ4v) is 1.52. The molecule has 4 heteroatoms. The van der Waals surface area contributed by atoms with Crippen LogP contribution < -0.4 is 10.6 Å². The maximum absolute atomic E-state index is 12.1. The number of carbonyl (C=O) groups excluding carboxylic acids is 1. The first-order valence-corrected chi connectivity index (χ1v) is 5.24. The van der Waals surface area contributed by atoms with Crippen LogP contribution in [0, 0.1) is 0 Å². The van der Waals surface area contributed by atoms with Gasteiger partial charge in [-0.05, 0) is 24.3 Å². The maximum atomic E-state index is 12.1. The number of nitrogen functional groups attached to an aromatic ring is 1. The summed E-state index contributed by atoms with van der Waals surface area (Å²) in [5.41, 5.74) is 7.20. The van der Waals surface area contributed by atoms with Gasteiger partial charge >= 0.3 is 0 Å². The fraction of sp³-hybridized carbons (Fsp3) is 0.0769. The monoisotopic (exact) mass is 227 g/mol. The highest BCUT2D eigenvalue weighted by Gasteiger charge is 2.16. The molecular weight excluding hydrogens is 214 g/mol. The molecule has 1 aromatic carbocycles. The second-order valence-corrected chi connectivity index (χ2v) is 3.64. The van der Waals surface area contributed by atoms with E-state index in [0.29, 0.717) is 5.69 Å². The number of nitrogens with zero attached hydrogens (tertiary/aromatic N) is 2. The minimum atomic E-state index is -0.214. The summed E-state index contributed by atoms with van der Waals surface area (Å²) in [4.78, 5) is 17.7. The first kappa shape index (κ1) is 11.1. The molecule has 0 spiro atoms. The molecule has 1 aromatic heterocycles. The summed E-state index contributed by atoms with van der Waals surface area (Å²) in [7, 11) is 1.70. The molecule has 0 aliphatic rings. The zero-order valence-electron chi connectivity index (χ0n) is 9.50. The van der Waals surface area contributed by atoms with Gasteiger partial charge < -0.3 is 10.6 Å². The Morgan fingerprint density at radius 3 is 2.53 bits per heavy atom. The van der Waals surface area contributed by atoms with Crippen molar-refractivity contribution in [1.82, 2.24) is 4.98 Å². The van der Waals surface area contributed by atoms with Gasteiger partial charge in [-0.3, -0.25) is 4.79 Å². The Labute approximate surface area is 99.7 Å². The molecular formula is C13H13N3O. The molecule has 1 amide bonds. The number of hydrogen-bond acceptors (Lipinski definition) is 3. The number of nitrogens with two attached hydrogens (primary N) is 1. The lowest BCUT2D eigenvalue weighted by molar-refractivity contribution is 0.0989. The van der Waals surface area contributed by atoms with E-state index in [4.69, 9.17) is 5.73 Å². The topological polar surface area (TPSA) is 59.2 Å². The number of rotatable bonds is 2. The summed E-state index contributed by atoms with van der Waals surface area (Å²) in [5, 5.41) is 0. The van der Waals surface area contributed by atoms with Crippen molar-refractivity contribution in [2.45, 2.75) is 0 Å². The molecule has 1 heterocycles. The van der Waals surface area contributed by atoms with Gasteiger partial charge in [0.2, 0.25) is 0 Å². The summed E-state index contributed by atoms with van der Waals surface area (Å²) in [6.07, 6.45) is 1.56. The molecule has 0 fully saturated rings. The van der Waals surface area contributed by atoms with Gasteiger partial charge in [-0.15, -0.1) is 0 Å². The van der Waals surface area contributed by atoms with Crippen molar-refractivity contribution in [1.29, 1.82) is 0 Å². The third-order valence-corrected chi connectivity index (χ3v) is 2.49. The van der Waals surface area contributed by atoms with Crippen molar-refractivity contribution in [2.75, 3.05) is 17.7 Å². The number of hydrogen-bond donors (Lipinski definition) is 1. The molecule has 0 saturated carbocycles. The lowest BCUT2D eigenvalue weighted by atomic mass is 10.2. The smallest absolute Gasteiger partial charge is 0.278 e. The van der Waals surface area contributed by atoms with Gasteiger partial charge in [-0.1, -0.05) is 18.2 Å². The summed E-state index contributed by atoms with van der Waals surface area (Å²) in [6, 6.07) is 12.7. The van der Waals surface area contributed by atoms with Gasteiger partial charge in [0, 0.05) is 18.9 Å². The first-order valence-electron chi connectivity index (χ1n) is 5.24. The molecule has 0 aliphatic carbocycles. The number of benzene rings is 1. The molecule has 2 rings (SSSR count). The predicted octanol–water partition coefficient (Wildman–Crippen LogP) is 1.94. The molecule has 17 heavy (non-hydrogen) atoms. The van der Waals surface area contributed by atoms with E-state index in [0.717, 1.165) is 5.69 Å². The van der Waals surface area contributed by atoms with Gasteiger partial charge in [-0.25, -0.2) is 4.98 Å². The molecule has 86 valence electrons. The highest BCUT2D eigenvalue weighted by atomic mass is 16.2. The Morgan fingerprint density at radius 1 is 1.18 bits per heavy atom. The SMILES string of the molecule is CN(C(=O)c1ncccc1N)c1ccccc1. The zero-order chi connectivity index (χ0) is 12.3. The molecule has 0 saturated heterocycles. The third kappa shape index (κ3) is 2.25. The predicted molar refractivity (Wildman–Crippen MR) is 67.8 cm³/mol. The summed E-state index contributed by atoms with van der Waals surface area (Å²) >= 11 is 0. The van der Waals surface area contributed by atoms with Crippen molar-refractivity contribution < 1.29 is 4.79 Å². The van der Waals surface area contributed by atoms with E-state index >= 15 is 0 Å². The zero-order valence-corrected chi connectivity index (χ0v) is 9.50. The highest BCUT2D eigenvalue weighted by Crippen LogP contribution is 2.16. The van der Waals surface area contributed by atoms with Crippen LogP contribution in [-0.4, -0.2) is 17.9 Å². The Kier molecular flexibility index (Phi) is 3.05. The van der Waals surface area contributed by atoms with Crippen molar-refractivity contribution in [3.63, 3.8) is 0 Å². The standard InChI is InChI=1S/C13H13N3O/c1-16(10-6-3-2-4-7-10)13(17)12-11(14)8-5-9-15-12/h2-9H,14H2,1H3. The first-order chi connectivity index (χ1) is 8.20. The third-order valence-electron chi connectivity index (χ3n) is 2.49. The average molecular weight is 227 g/mol. The second-order valence-electron chi connectivity index (χ2n) is 3.64. The van der Waals surface area contributed by atoms with Crippen molar-refractivity contribution in [2.24, 2.45) is 0 Å². The molecule has 0 unspecified atom stereocenters. The average Bonchev–Trinajstić information content (AvgIpc) is 2.39. The second kappa shape index (κ2) is 4.65. The van der Waals surface area contributed by atoms with Crippen LogP contribution in [0.5, 0.6) is 0 Å². The number of carbonyl (C=O) groups is 1. The molecule has 0 aliphatic heterocycles. The van der Waals surface area contributed by atoms with Crippen molar-refractivity contribution in [3.8, 4) is 0 Å². The van der Waals surface area contributed by atoms with Crippen LogP contribution in [0.2, 0.25) is 0 Å². The van der Waals surface area contributed by atoms with Crippen LogP contribution in [0.1, 0.15) is 10.5 Å². The van der Waals surface area contributed by atoms with Gasteiger partial charge in [0.05, 0.1) is 5.69 Å². The molecule has 0 bridgehead atoms. The number of pyridine rings is 1. The van der Waals surface area contributed by atoms with E-state index in [2.05, 4.69) is 4.98 Å². The lowest BCUT2D eigenvalue weighted by Gasteiger charge is -2.17. The van der Waals surface area contributed by atoms with Crippen LogP contribution in [0.3, 0.4) is 0 Å². The van der Waals surface area contributed by atoms with Gasteiger partial charge in [0.15, 0.2) is 5.69 Å². The lowest BCUT2D eigenvalue weighted by Crippen LogP contribution is -2.27. The van der Waals surface area contributed by atoms with E-state index in [1.165, 1.54) is 4.90 Å². The highest BCUT2D eigenvalue weighted by molar-refractivity contribution is 6.07. The Morgan fingerprint density at radius 2 is 1.88 bits per heavy atom. The van der Waals surface area contributed by atoms with Gasteiger partial charge in [0.25, 0.3) is 5.91 Å². The van der Waals surface area contributed by atoms with E-state index in [-0.39, 0.29) is 11.6 Å². The number of para-hydroxylation sites is 1. The molecule has 2 aromatic rings. The summed E-state index contributed by atoms with van der Waals surface area (Å²) in [6.45, 7) is 0. The van der Waals surface area contributed by atoms with Crippen molar-refractivity contribution in [3.05, 3.63) is 54.4 Å². The van der Waals surface area contributed by atoms with Crippen LogP contribution in [0.25, 0.3) is 0 Å². The van der Waals surface area contributed by atoms with E-state index in [1.807, 2.05) is 30.3 Å². The quantitative estimate of drug-likeness (QED) is 0.852. The van der Waals surface area contributed by atoms with E-state index in [9.17, 15) is 4.79 Å². The molecule has 0 radical (unpaired) electrons. The van der Waals surface area contributed by atoms with Gasteiger partial charge in [0.1, 0.15) is 0 Å². The maximum Gasteiger partial charge on any atom is 0.278 e. The minimum Gasteiger partial charge on any atom is -0.397 e. The van der Waals surface area contributed by atoms with E-state index in [1.54, 1.807) is 25.4 Å².